The molecule has 3 rings (SSSR count). The van der Waals surface area contributed by atoms with E-state index < -0.39 is 0 Å². The summed E-state index contributed by atoms with van der Waals surface area (Å²) in [6, 6.07) is 13.0. The predicted octanol–water partition coefficient (Wildman–Crippen LogP) is 2.02. The van der Waals surface area contributed by atoms with E-state index in [0.29, 0.717) is 17.6 Å². The molecule has 0 unspecified atom stereocenters. The standard InChI is InChI=1S/C17H17N3O2/c1-2-11-19-15-14(9-6-10-18-15)16(21)20(17(19)22)12-13-7-4-3-5-8-13/h3-10H,2,11-12H2,1H3. The summed E-state index contributed by atoms with van der Waals surface area (Å²) in [4.78, 5) is 29.5. The largest absolute Gasteiger partial charge is 0.332 e. The Bertz CT molecular complexity index is 911. The van der Waals surface area contributed by atoms with Crippen LogP contribution in [0.5, 0.6) is 0 Å². The lowest BCUT2D eigenvalue weighted by Gasteiger charge is -2.12. The third-order valence-corrected chi connectivity index (χ3v) is 3.61. The van der Waals surface area contributed by atoms with Gasteiger partial charge in [-0.25, -0.2) is 9.78 Å². The van der Waals surface area contributed by atoms with E-state index in [4.69, 9.17) is 0 Å². The van der Waals surface area contributed by atoms with Crippen LogP contribution in [-0.4, -0.2) is 14.1 Å². The number of hydrogen-bond donors (Lipinski definition) is 0. The zero-order valence-electron chi connectivity index (χ0n) is 12.4. The number of fused-ring (bicyclic) bond motifs is 1. The molecule has 0 radical (unpaired) electrons. The maximum absolute atomic E-state index is 12.7. The highest BCUT2D eigenvalue weighted by Crippen LogP contribution is 2.06. The minimum Gasteiger partial charge on any atom is -0.277 e. The van der Waals surface area contributed by atoms with Crippen molar-refractivity contribution in [2.45, 2.75) is 26.4 Å². The van der Waals surface area contributed by atoms with Crippen LogP contribution in [0, 0.1) is 0 Å². The Morgan fingerprint density at radius 2 is 1.77 bits per heavy atom. The van der Waals surface area contributed by atoms with Gasteiger partial charge in [0.1, 0.15) is 5.65 Å². The lowest BCUT2D eigenvalue weighted by Crippen LogP contribution is -2.40. The maximum Gasteiger partial charge on any atom is 0.332 e. The van der Waals surface area contributed by atoms with E-state index in [9.17, 15) is 9.59 Å². The first-order valence-electron chi connectivity index (χ1n) is 7.34. The van der Waals surface area contributed by atoms with Gasteiger partial charge in [-0.05, 0) is 24.1 Å². The molecule has 0 saturated carbocycles. The summed E-state index contributed by atoms with van der Waals surface area (Å²) in [6.45, 7) is 2.81. The van der Waals surface area contributed by atoms with Crippen molar-refractivity contribution in [3.8, 4) is 0 Å². The monoisotopic (exact) mass is 295 g/mol. The molecule has 0 N–H and O–H groups in total. The van der Waals surface area contributed by atoms with Crippen molar-refractivity contribution in [2.24, 2.45) is 0 Å². The highest BCUT2D eigenvalue weighted by Gasteiger charge is 2.13. The molecule has 112 valence electrons. The van der Waals surface area contributed by atoms with E-state index in [1.165, 1.54) is 4.57 Å². The van der Waals surface area contributed by atoms with Gasteiger partial charge in [0.05, 0.1) is 11.9 Å². The number of benzene rings is 1. The molecule has 5 heteroatoms. The number of rotatable bonds is 4. The first-order valence-corrected chi connectivity index (χ1v) is 7.34. The summed E-state index contributed by atoms with van der Waals surface area (Å²) in [6.07, 6.45) is 2.41. The van der Waals surface area contributed by atoms with Crippen LogP contribution in [0.4, 0.5) is 0 Å². The molecule has 0 atom stereocenters. The normalized spacial score (nSPS) is 11.0. The van der Waals surface area contributed by atoms with Crippen LogP contribution in [0.3, 0.4) is 0 Å². The van der Waals surface area contributed by atoms with Crippen molar-refractivity contribution >= 4 is 11.0 Å². The van der Waals surface area contributed by atoms with E-state index >= 15 is 0 Å². The van der Waals surface area contributed by atoms with Gasteiger partial charge in [-0.2, -0.15) is 0 Å². The molecular formula is C17H17N3O2. The van der Waals surface area contributed by atoms with Crippen molar-refractivity contribution in [2.75, 3.05) is 0 Å². The smallest absolute Gasteiger partial charge is 0.277 e. The Hall–Kier alpha value is -2.69. The summed E-state index contributed by atoms with van der Waals surface area (Å²) in [5.74, 6) is 0. The molecule has 2 aromatic heterocycles. The van der Waals surface area contributed by atoms with Crippen molar-refractivity contribution in [3.05, 3.63) is 75.1 Å². The van der Waals surface area contributed by atoms with E-state index in [1.807, 2.05) is 37.3 Å². The van der Waals surface area contributed by atoms with Crippen LogP contribution >= 0.6 is 0 Å². The second-order valence-electron chi connectivity index (χ2n) is 5.19. The molecule has 22 heavy (non-hydrogen) atoms. The molecule has 2 heterocycles. The number of aryl methyl sites for hydroxylation is 1. The molecule has 0 saturated heterocycles. The fourth-order valence-electron chi connectivity index (χ4n) is 2.58. The second kappa shape index (κ2) is 5.97. The van der Waals surface area contributed by atoms with E-state index in [0.717, 1.165) is 12.0 Å². The zero-order chi connectivity index (χ0) is 15.5. The first-order chi connectivity index (χ1) is 10.7. The number of aromatic nitrogens is 3. The van der Waals surface area contributed by atoms with Gasteiger partial charge in [0.15, 0.2) is 0 Å². The van der Waals surface area contributed by atoms with Gasteiger partial charge in [0, 0.05) is 12.7 Å². The molecule has 0 fully saturated rings. The predicted molar refractivity (Wildman–Crippen MR) is 86.1 cm³/mol. The Kier molecular flexibility index (Phi) is 3.87. The fraction of sp³-hybridized carbons (Fsp3) is 0.235. The minimum atomic E-state index is -0.304. The highest BCUT2D eigenvalue weighted by molar-refractivity contribution is 5.73. The van der Waals surface area contributed by atoms with E-state index in [2.05, 4.69) is 4.98 Å². The van der Waals surface area contributed by atoms with Gasteiger partial charge in [-0.1, -0.05) is 37.3 Å². The highest BCUT2D eigenvalue weighted by atomic mass is 16.2. The second-order valence-corrected chi connectivity index (χ2v) is 5.19. The quantitative estimate of drug-likeness (QED) is 0.740. The summed E-state index contributed by atoms with van der Waals surface area (Å²) < 4.78 is 2.87. The van der Waals surface area contributed by atoms with Crippen LogP contribution in [0.15, 0.2) is 58.3 Å². The van der Waals surface area contributed by atoms with Gasteiger partial charge in [-0.15, -0.1) is 0 Å². The van der Waals surface area contributed by atoms with Crippen LogP contribution in [0.1, 0.15) is 18.9 Å². The maximum atomic E-state index is 12.7. The van der Waals surface area contributed by atoms with Crippen molar-refractivity contribution < 1.29 is 0 Å². The molecule has 0 aliphatic rings. The Morgan fingerprint density at radius 3 is 2.50 bits per heavy atom. The van der Waals surface area contributed by atoms with Crippen LogP contribution in [0.25, 0.3) is 11.0 Å². The van der Waals surface area contributed by atoms with Crippen LogP contribution in [-0.2, 0) is 13.1 Å². The summed E-state index contributed by atoms with van der Waals surface area (Å²) in [5.41, 5.74) is 0.794. The molecule has 0 bridgehead atoms. The van der Waals surface area contributed by atoms with Crippen molar-refractivity contribution in [3.63, 3.8) is 0 Å². The summed E-state index contributed by atoms with van der Waals surface area (Å²) in [7, 11) is 0. The molecule has 0 aliphatic heterocycles. The van der Waals surface area contributed by atoms with Gasteiger partial charge in [0.25, 0.3) is 5.56 Å². The van der Waals surface area contributed by atoms with E-state index in [-0.39, 0.29) is 17.8 Å². The Labute approximate surface area is 127 Å². The third kappa shape index (κ3) is 2.45. The molecular weight excluding hydrogens is 278 g/mol. The van der Waals surface area contributed by atoms with Crippen molar-refractivity contribution in [1.29, 1.82) is 0 Å². The SMILES string of the molecule is CCCn1c(=O)n(Cc2ccccc2)c(=O)c2cccnc21. The van der Waals surface area contributed by atoms with Crippen molar-refractivity contribution in [1.82, 2.24) is 14.1 Å². The average molecular weight is 295 g/mol. The average Bonchev–Trinajstić information content (AvgIpc) is 2.56. The van der Waals surface area contributed by atoms with Crippen LogP contribution < -0.4 is 11.2 Å². The third-order valence-electron chi connectivity index (χ3n) is 3.61. The van der Waals surface area contributed by atoms with Gasteiger partial charge >= 0.3 is 5.69 Å². The molecule has 1 aromatic carbocycles. The number of pyridine rings is 1. The first kappa shape index (κ1) is 14.3. The fourth-order valence-corrected chi connectivity index (χ4v) is 2.58. The minimum absolute atomic E-state index is 0.271. The van der Waals surface area contributed by atoms with Crippen LogP contribution in [0.2, 0.25) is 0 Å². The number of nitrogens with zero attached hydrogens (tertiary/aromatic N) is 3. The Balaban J connectivity index is 2.26. The summed E-state index contributed by atoms with van der Waals surface area (Å²) in [5, 5.41) is 0.478. The van der Waals surface area contributed by atoms with E-state index in [1.54, 1.807) is 22.9 Å². The molecule has 3 aromatic rings. The topological polar surface area (TPSA) is 56.9 Å². The number of hydrogen-bond acceptors (Lipinski definition) is 3. The summed E-state index contributed by atoms with van der Waals surface area (Å²) >= 11 is 0. The Morgan fingerprint density at radius 1 is 1.00 bits per heavy atom. The zero-order valence-corrected chi connectivity index (χ0v) is 12.4. The van der Waals surface area contributed by atoms with Gasteiger partial charge in [-0.3, -0.25) is 13.9 Å². The lowest BCUT2D eigenvalue weighted by molar-refractivity contribution is 0.589. The molecule has 0 amide bonds. The lowest BCUT2D eigenvalue weighted by atomic mass is 10.2. The van der Waals surface area contributed by atoms with Gasteiger partial charge in [0.2, 0.25) is 0 Å². The molecule has 0 spiro atoms. The molecule has 0 aliphatic carbocycles. The molecule has 5 nitrogen and oxygen atoms in total. The van der Waals surface area contributed by atoms with Gasteiger partial charge < -0.3 is 0 Å².